The zero-order valence-corrected chi connectivity index (χ0v) is 11.7. The molecule has 0 saturated carbocycles. The van der Waals surface area contributed by atoms with Gasteiger partial charge in [-0.05, 0) is 11.8 Å². The van der Waals surface area contributed by atoms with Crippen molar-refractivity contribution in [2.75, 3.05) is 19.0 Å². The fraction of sp³-hybridized carbons (Fsp3) is 0.333. The van der Waals surface area contributed by atoms with E-state index in [0.29, 0.717) is 12.2 Å². The molecule has 0 fully saturated rings. The molecule has 0 aliphatic carbocycles. The van der Waals surface area contributed by atoms with Gasteiger partial charge in [-0.15, -0.1) is 0 Å². The molecule has 20 heavy (non-hydrogen) atoms. The van der Waals surface area contributed by atoms with Crippen LogP contribution in [0.2, 0.25) is 0 Å². The van der Waals surface area contributed by atoms with Crippen molar-refractivity contribution in [3.05, 3.63) is 35.5 Å². The highest BCUT2D eigenvalue weighted by Crippen LogP contribution is 2.23. The van der Waals surface area contributed by atoms with E-state index in [9.17, 15) is 13.6 Å². The summed E-state index contributed by atoms with van der Waals surface area (Å²) in [5.74, 6) is -0.257. The van der Waals surface area contributed by atoms with E-state index in [4.69, 9.17) is 4.74 Å². The molecule has 1 aromatic carbocycles. The normalized spacial score (nSPS) is 11.7. The number of hydrogen-bond acceptors (Lipinski definition) is 6. The Morgan fingerprint density at radius 2 is 2.05 bits per heavy atom. The van der Waals surface area contributed by atoms with E-state index in [0.717, 1.165) is 0 Å². The predicted molar refractivity (Wildman–Crippen MR) is 69.4 cm³/mol. The van der Waals surface area contributed by atoms with Crippen molar-refractivity contribution in [3.8, 4) is 11.3 Å². The highest BCUT2D eigenvalue weighted by Gasteiger charge is 2.32. The highest BCUT2D eigenvalue weighted by atomic mass is 32.2. The second-order valence-corrected chi connectivity index (χ2v) is 5.99. The van der Waals surface area contributed by atoms with E-state index in [-0.39, 0.29) is 28.0 Å². The molecule has 0 saturated heterocycles. The van der Waals surface area contributed by atoms with Crippen molar-refractivity contribution in [2.45, 2.75) is 11.9 Å². The first-order valence-electron chi connectivity index (χ1n) is 6.02. The van der Waals surface area contributed by atoms with Crippen LogP contribution in [0, 0.1) is 5.21 Å². The summed E-state index contributed by atoms with van der Waals surface area (Å²) in [4.78, 5) is 0.100. The van der Waals surface area contributed by atoms with E-state index < -0.39 is 9.84 Å². The Kier molecular flexibility index (Phi) is 4.35. The van der Waals surface area contributed by atoms with Crippen molar-refractivity contribution in [3.63, 3.8) is 0 Å². The Morgan fingerprint density at radius 3 is 2.70 bits per heavy atom. The van der Waals surface area contributed by atoms with Crippen molar-refractivity contribution < 1.29 is 22.7 Å². The third-order valence-electron chi connectivity index (χ3n) is 2.63. The topological polar surface area (TPSA) is 96.3 Å². The van der Waals surface area contributed by atoms with Crippen LogP contribution in [-0.2, 0) is 14.6 Å². The number of nitrogens with zero attached hydrogens (tertiary/aromatic N) is 2. The lowest BCUT2D eigenvalue weighted by Crippen LogP contribution is -2.26. The maximum atomic E-state index is 12.2. The average Bonchev–Trinajstić information content (AvgIpc) is 2.82. The standard InChI is InChI=1S/C12H14N2O5S/c1-2-18-8-9-20(16,17)12-11(14(15)19-13-12)10-6-4-3-5-7-10/h3-7H,2,8-9H2,1H3. The largest absolute Gasteiger partial charge is 0.381 e. The van der Waals surface area contributed by atoms with Crippen molar-refractivity contribution in [1.29, 1.82) is 0 Å². The monoisotopic (exact) mass is 298 g/mol. The van der Waals surface area contributed by atoms with Crippen LogP contribution in [0.15, 0.2) is 40.0 Å². The molecular weight excluding hydrogens is 284 g/mol. The molecule has 108 valence electrons. The van der Waals surface area contributed by atoms with Gasteiger partial charge in [0.1, 0.15) is 0 Å². The van der Waals surface area contributed by atoms with Gasteiger partial charge in [0.15, 0.2) is 0 Å². The van der Waals surface area contributed by atoms with E-state index in [2.05, 4.69) is 9.79 Å². The summed E-state index contributed by atoms with van der Waals surface area (Å²) in [5, 5.41) is 14.6. The molecule has 0 unspecified atom stereocenters. The van der Waals surface area contributed by atoms with Gasteiger partial charge in [-0.3, -0.25) is 4.63 Å². The second-order valence-electron chi connectivity index (χ2n) is 3.97. The highest BCUT2D eigenvalue weighted by molar-refractivity contribution is 7.91. The molecule has 7 nitrogen and oxygen atoms in total. The third kappa shape index (κ3) is 2.97. The van der Waals surface area contributed by atoms with Gasteiger partial charge in [-0.2, -0.15) is 0 Å². The van der Waals surface area contributed by atoms with E-state index in [1.54, 1.807) is 37.3 Å². The molecule has 8 heteroatoms. The molecule has 0 bridgehead atoms. The number of benzene rings is 1. The fourth-order valence-corrected chi connectivity index (χ4v) is 2.84. The smallest absolute Gasteiger partial charge is 0.339 e. The van der Waals surface area contributed by atoms with Crippen molar-refractivity contribution in [2.24, 2.45) is 0 Å². The Morgan fingerprint density at radius 1 is 1.35 bits per heavy atom. The summed E-state index contributed by atoms with van der Waals surface area (Å²) in [6.07, 6.45) is 0. The summed E-state index contributed by atoms with van der Waals surface area (Å²) >= 11 is 0. The van der Waals surface area contributed by atoms with Gasteiger partial charge in [-0.25, -0.2) is 8.42 Å². The van der Waals surface area contributed by atoms with E-state index >= 15 is 0 Å². The summed E-state index contributed by atoms with van der Waals surface area (Å²) < 4.78 is 33.8. The SMILES string of the molecule is CCOCCS(=O)(=O)c1no[n+]([O-])c1-c1ccccc1. The maximum Gasteiger partial charge on any atom is 0.339 e. The van der Waals surface area contributed by atoms with Gasteiger partial charge in [-0.1, -0.05) is 30.3 Å². The lowest BCUT2D eigenvalue weighted by molar-refractivity contribution is -0.793. The predicted octanol–water partition coefficient (Wildman–Crippen LogP) is 0.785. The van der Waals surface area contributed by atoms with E-state index in [1.807, 2.05) is 0 Å². The van der Waals surface area contributed by atoms with Crippen LogP contribution in [0.1, 0.15) is 6.92 Å². The minimum absolute atomic E-state index is 0.0405. The van der Waals surface area contributed by atoms with Crippen LogP contribution >= 0.6 is 0 Å². The van der Waals surface area contributed by atoms with Gasteiger partial charge < -0.3 is 9.94 Å². The fourth-order valence-electron chi connectivity index (χ4n) is 1.67. The van der Waals surface area contributed by atoms with Gasteiger partial charge in [0.05, 0.1) is 17.5 Å². The summed E-state index contributed by atoms with van der Waals surface area (Å²) in [7, 11) is -3.74. The quantitative estimate of drug-likeness (QED) is 0.577. The molecular formula is C12H14N2O5S. The van der Waals surface area contributed by atoms with Gasteiger partial charge >= 0.3 is 5.03 Å². The van der Waals surface area contributed by atoms with Crippen LogP contribution in [0.3, 0.4) is 0 Å². The molecule has 1 heterocycles. The Balaban J connectivity index is 2.39. The minimum atomic E-state index is -3.74. The molecule has 0 aliphatic heterocycles. The van der Waals surface area contributed by atoms with Crippen LogP contribution in [-0.4, -0.2) is 32.5 Å². The van der Waals surface area contributed by atoms with Crippen LogP contribution in [0.4, 0.5) is 0 Å². The summed E-state index contributed by atoms with van der Waals surface area (Å²) in [5.41, 5.74) is 0.320. The molecule has 0 aliphatic rings. The average molecular weight is 298 g/mol. The molecule has 1 aromatic heterocycles. The lowest BCUT2D eigenvalue weighted by atomic mass is 10.2. The Labute approximate surface area is 116 Å². The Bertz CT molecular complexity index is 666. The summed E-state index contributed by atoms with van der Waals surface area (Å²) in [6, 6.07) is 8.37. The van der Waals surface area contributed by atoms with E-state index in [1.165, 1.54) is 0 Å². The first-order chi connectivity index (χ1) is 9.56. The number of hydrogen-bond donors (Lipinski definition) is 0. The van der Waals surface area contributed by atoms with Crippen LogP contribution in [0.5, 0.6) is 0 Å². The van der Waals surface area contributed by atoms with Crippen LogP contribution < -0.4 is 4.90 Å². The van der Waals surface area contributed by atoms with Crippen LogP contribution in [0.25, 0.3) is 11.3 Å². The lowest BCUT2D eigenvalue weighted by Gasteiger charge is -2.01. The van der Waals surface area contributed by atoms with Crippen molar-refractivity contribution in [1.82, 2.24) is 5.16 Å². The number of aromatic nitrogens is 2. The molecule has 0 amide bonds. The zero-order chi connectivity index (χ0) is 14.6. The van der Waals surface area contributed by atoms with Gasteiger partial charge in [0.25, 0.3) is 0 Å². The van der Waals surface area contributed by atoms with Crippen molar-refractivity contribution >= 4 is 9.84 Å². The third-order valence-corrected chi connectivity index (χ3v) is 4.19. The number of ether oxygens (including phenoxy) is 1. The Hall–Kier alpha value is -1.93. The molecule has 0 radical (unpaired) electrons. The first-order valence-corrected chi connectivity index (χ1v) is 7.67. The second kappa shape index (κ2) is 6.02. The molecule has 0 spiro atoms. The summed E-state index contributed by atoms with van der Waals surface area (Å²) in [6.45, 7) is 2.23. The first kappa shape index (κ1) is 14.5. The number of sulfone groups is 1. The maximum absolute atomic E-state index is 12.2. The van der Waals surface area contributed by atoms with Gasteiger partial charge in [0.2, 0.25) is 15.5 Å². The molecule has 0 N–H and O–H groups in total. The molecule has 2 rings (SSSR count). The van der Waals surface area contributed by atoms with Gasteiger partial charge in [0, 0.05) is 12.2 Å². The zero-order valence-electron chi connectivity index (χ0n) is 10.9. The molecule has 2 aromatic rings. The molecule has 0 atom stereocenters. The number of rotatable bonds is 6. The minimum Gasteiger partial charge on any atom is -0.381 e.